The third-order valence-corrected chi connectivity index (χ3v) is 8.71. The summed E-state index contributed by atoms with van der Waals surface area (Å²) in [5.41, 5.74) is 10.3. The fraction of sp³-hybridized carbons (Fsp3) is 0.500. The van der Waals surface area contributed by atoms with Crippen molar-refractivity contribution in [1.82, 2.24) is 4.90 Å². The van der Waals surface area contributed by atoms with Gasteiger partial charge in [0.05, 0.1) is 12.6 Å². The standard InChI is InChI=1S/C32H42N2O3/c1-3-34(21-23-6-12-28(13-7-23)37-22-32(33)16-4-5-17-32)31-20-29(36-2)14-15-30(31)26-9-8-25-19-27(35)11-10-24(25)18-26/h6-7,10-15,19-20,26,30-31,35H,3-5,8-9,16-18,21-22,33H2,1-2H3/t26-,30?,31?/m1/s1. The molecule has 1 saturated carbocycles. The van der Waals surface area contributed by atoms with Crippen LogP contribution in [0.25, 0.3) is 0 Å². The maximum absolute atomic E-state index is 9.90. The van der Waals surface area contributed by atoms with Crippen molar-refractivity contribution >= 4 is 0 Å². The van der Waals surface area contributed by atoms with Crippen molar-refractivity contribution in [2.75, 3.05) is 20.3 Å². The molecule has 2 aromatic carbocycles. The molecule has 2 aromatic rings. The molecule has 0 spiro atoms. The summed E-state index contributed by atoms with van der Waals surface area (Å²) in [7, 11) is 1.75. The minimum Gasteiger partial charge on any atom is -0.508 e. The molecule has 0 heterocycles. The van der Waals surface area contributed by atoms with E-state index in [4.69, 9.17) is 15.2 Å². The summed E-state index contributed by atoms with van der Waals surface area (Å²) in [6.45, 7) is 4.66. The van der Waals surface area contributed by atoms with Crippen molar-refractivity contribution in [2.45, 2.75) is 70.0 Å². The number of nitrogens with zero attached hydrogens (tertiary/aromatic N) is 1. The lowest BCUT2D eigenvalue weighted by Crippen LogP contribution is -2.43. The van der Waals surface area contributed by atoms with E-state index in [1.54, 1.807) is 7.11 Å². The van der Waals surface area contributed by atoms with Gasteiger partial charge in [0.1, 0.15) is 23.9 Å². The first kappa shape index (κ1) is 25.9. The molecule has 3 N–H and O–H groups in total. The summed E-state index contributed by atoms with van der Waals surface area (Å²) in [6.07, 6.45) is 14.5. The number of methoxy groups -OCH3 is 1. The fourth-order valence-electron chi connectivity index (χ4n) is 6.48. The van der Waals surface area contributed by atoms with Crippen LogP contribution in [-0.2, 0) is 24.1 Å². The first-order valence-electron chi connectivity index (χ1n) is 14.0. The highest BCUT2D eigenvalue weighted by atomic mass is 16.5. The van der Waals surface area contributed by atoms with Crippen LogP contribution in [0.1, 0.15) is 55.7 Å². The van der Waals surface area contributed by atoms with Gasteiger partial charge >= 0.3 is 0 Å². The van der Waals surface area contributed by atoms with E-state index < -0.39 is 0 Å². The molecule has 5 nitrogen and oxygen atoms in total. The molecule has 5 heteroatoms. The van der Waals surface area contributed by atoms with Gasteiger partial charge in [0.2, 0.25) is 0 Å². The minimum absolute atomic E-state index is 0.160. The molecule has 5 rings (SSSR count). The predicted molar refractivity (Wildman–Crippen MR) is 149 cm³/mol. The van der Waals surface area contributed by atoms with E-state index in [2.05, 4.69) is 60.4 Å². The number of aryl methyl sites for hydroxylation is 1. The lowest BCUT2D eigenvalue weighted by atomic mass is 9.72. The number of phenols is 1. The highest BCUT2D eigenvalue weighted by Crippen LogP contribution is 2.38. The van der Waals surface area contributed by atoms with E-state index in [-0.39, 0.29) is 11.6 Å². The molecule has 198 valence electrons. The van der Waals surface area contributed by atoms with Gasteiger partial charge in [-0.05, 0) is 104 Å². The molecule has 1 fully saturated rings. The summed E-state index contributed by atoms with van der Waals surface area (Å²) in [5.74, 6) is 3.17. The average Bonchev–Trinajstić information content (AvgIpc) is 3.37. The number of nitrogens with two attached hydrogens (primary N) is 1. The van der Waals surface area contributed by atoms with Crippen molar-refractivity contribution in [2.24, 2.45) is 17.6 Å². The van der Waals surface area contributed by atoms with Crippen molar-refractivity contribution in [3.63, 3.8) is 0 Å². The zero-order chi connectivity index (χ0) is 25.8. The van der Waals surface area contributed by atoms with Crippen LogP contribution < -0.4 is 10.5 Å². The number of ether oxygens (including phenoxy) is 2. The van der Waals surface area contributed by atoms with E-state index in [1.807, 2.05) is 12.1 Å². The Kier molecular flexibility index (Phi) is 7.92. The number of aromatic hydroxyl groups is 1. The highest BCUT2D eigenvalue weighted by molar-refractivity contribution is 5.37. The molecule has 0 amide bonds. The Labute approximate surface area is 222 Å². The molecule has 0 aromatic heterocycles. The van der Waals surface area contributed by atoms with E-state index in [9.17, 15) is 5.11 Å². The molecule has 0 saturated heterocycles. The van der Waals surface area contributed by atoms with Crippen LogP contribution in [-0.4, -0.2) is 41.8 Å². The van der Waals surface area contributed by atoms with E-state index in [0.29, 0.717) is 24.2 Å². The number of allylic oxidation sites excluding steroid dienone is 1. The number of benzene rings is 2. The van der Waals surface area contributed by atoms with E-state index >= 15 is 0 Å². The Morgan fingerprint density at radius 2 is 1.86 bits per heavy atom. The van der Waals surface area contributed by atoms with Crippen LogP contribution in [0.3, 0.4) is 0 Å². The van der Waals surface area contributed by atoms with Gasteiger partial charge in [0.15, 0.2) is 0 Å². The SMILES string of the molecule is CCN(Cc1ccc(OCC2(N)CCCC2)cc1)C1C=C(OC)C=CC1[C@@H]1CCc2cc(O)ccc2C1. The molecule has 0 bridgehead atoms. The topological polar surface area (TPSA) is 68.0 Å². The average molecular weight is 503 g/mol. The number of rotatable bonds is 9. The second-order valence-electron chi connectivity index (χ2n) is 11.2. The van der Waals surface area contributed by atoms with Gasteiger partial charge < -0.3 is 20.3 Å². The molecule has 2 unspecified atom stereocenters. The number of phenolic OH excluding ortho intramolecular Hbond substituents is 1. The maximum atomic E-state index is 9.90. The lowest BCUT2D eigenvalue weighted by Gasteiger charge is -2.41. The van der Waals surface area contributed by atoms with Crippen molar-refractivity contribution in [3.05, 3.63) is 83.1 Å². The first-order chi connectivity index (χ1) is 18.0. The van der Waals surface area contributed by atoms with Crippen molar-refractivity contribution < 1.29 is 14.6 Å². The van der Waals surface area contributed by atoms with E-state index in [1.165, 1.54) is 29.5 Å². The lowest BCUT2D eigenvalue weighted by molar-refractivity contribution is 0.147. The van der Waals surface area contributed by atoms with E-state index in [0.717, 1.165) is 56.7 Å². The van der Waals surface area contributed by atoms with Crippen LogP contribution in [0.4, 0.5) is 0 Å². The molecule has 3 atom stereocenters. The number of fused-ring (bicyclic) bond motifs is 1. The number of hydrogen-bond donors (Lipinski definition) is 2. The van der Waals surface area contributed by atoms with Gasteiger partial charge in [0.25, 0.3) is 0 Å². The quantitative estimate of drug-likeness (QED) is 0.457. The van der Waals surface area contributed by atoms with Crippen LogP contribution in [0.5, 0.6) is 11.5 Å². The molecular formula is C32H42N2O3. The molecule has 0 radical (unpaired) electrons. The minimum atomic E-state index is -0.160. The van der Waals surface area contributed by atoms with Gasteiger partial charge in [-0.2, -0.15) is 0 Å². The summed E-state index contributed by atoms with van der Waals surface area (Å²) < 4.78 is 11.7. The van der Waals surface area contributed by atoms with Crippen LogP contribution in [0, 0.1) is 11.8 Å². The monoisotopic (exact) mass is 502 g/mol. The van der Waals surface area contributed by atoms with Gasteiger partial charge in [-0.3, -0.25) is 4.90 Å². The first-order valence-corrected chi connectivity index (χ1v) is 14.0. The van der Waals surface area contributed by atoms with Crippen LogP contribution in [0.15, 0.2) is 66.5 Å². The maximum Gasteiger partial charge on any atom is 0.119 e. The zero-order valence-corrected chi connectivity index (χ0v) is 22.4. The second kappa shape index (κ2) is 11.3. The largest absolute Gasteiger partial charge is 0.508 e. The molecule has 0 aliphatic heterocycles. The van der Waals surface area contributed by atoms with Gasteiger partial charge in [-0.25, -0.2) is 0 Å². The zero-order valence-electron chi connectivity index (χ0n) is 22.4. The Hall–Kier alpha value is -2.76. The smallest absolute Gasteiger partial charge is 0.119 e. The normalized spacial score (nSPS) is 24.5. The third-order valence-electron chi connectivity index (χ3n) is 8.71. The second-order valence-corrected chi connectivity index (χ2v) is 11.2. The van der Waals surface area contributed by atoms with Gasteiger partial charge in [-0.1, -0.05) is 44.0 Å². The highest BCUT2D eigenvalue weighted by Gasteiger charge is 2.34. The predicted octanol–water partition coefficient (Wildman–Crippen LogP) is 5.75. The fourth-order valence-corrected chi connectivity index (χ4v) is 6.48. The number of likely N-dealkylation sites (N-methyl/N-ethyl adjacent to an activating group) is 1. The Morgan fingerprint density at radius 1 is 1.08 bits per heavy atom. The summed E-state index contributed by atoms with van der Waals surface area (Å²) in [5, 5.41) is 9.90. The molecule has 3 aliphatic carbocycles. The summed E-state index contributed by atoms with van der Waals surface area (Å²) in [4.78, 5) is 2.56. The number of hydrogen-bond acceptors (Lipinski definition) is 5. The third kappa shape index (κ3) is 6.05. The van der Waals surface area contributed by atoms with Crippen LogP contribution >= 0.6 is 0 Å². The molecule has 37 heavy (non-hydrogen) atoms. The van der Waals surface area contributed by atoms with Gasteiger partial charge in [-0.15, -0.1) is 0 Å². The molecule has 3 aliphatic rings. The van der Waals surface area contributed by atoms with Gasteiger partial charge in [0, 0.05) is 12.6 Å². The van der Waals surface area contributed by atoms with Crippen molar-refractivity contribution in [1.29, 1.82) is 0 Å². The Bertz CT molecular complexity index is 1120. The molecular weight excluding hydrogens is 460 g/mol. The summed E-state index contributed by atoms with van der Waals surface area (Å²) >= 11 is 0. The van der Waals surface area contributed by atoms with Crippen LogP contribution in [0.2, 0.25) is 0 Å². The Balaban J connectivity index is 1.28. The van der Waals surface area contributed by atoms with Crippen molar-refractivity contribution in [3.8, 4) is 11.5 Å². The summed E-state index contributed by atoms with van der Waals surface area (Å²) in [6, 6.07) is 14.7. The Morgan fingerprint density at radius 3 is 2.59 bits per heavy atom.